The minimum atomic E-state index is -0.758. The summed E-state index contributed by atoms with van der Waals surface area (Å²) < 4.78 is 28.7. The number of para-hydroxylation sites is 1. The molecular weight excluding hydrogens is 396 g/mol. The summed E-state index contributed by atoms with van der Waals surface area (Å²) in [7, 11) is 0. The zero-order valence-electron chi connectivity index (χ0n) is 15.1. The normalized spacial score (nSPS) is 12.3. The first kappa shape index (κ1) is 19.2. The highest BCUT2D eigenvalue weighted by Crippen LogP contribution is 2.21. The maximum Gasteiger partial charge on any atom is 0.265 e. The highest BCUT2D eigenvalue weighted by atomic mass is 35.5. The van der Waals surface area contributed by atoms with Gasteiger partial charge < -0.3 is 5.73 Å². The predicted octanol–water partition coefficient (Wildman–Crippen LogP) is 4.56. The molecular formula is C22H16ClF2N3O. The molecule has 0 fully saturated rings. The molecule has 0 amide bonds. The first-order valence-electron chi connectivity index (χ1n) is 8.90. The summed E-state index contributed by atoms with van der Waals surface area (Å²) in [6, 6.07) is 16.1. The van der Waals surface area contributed by atoms with Gasteiger partial charge in [0, 0.05) is 23.6 Å². The van der Waals surface area contributed by atoms with Crippen LogP contribution in [0.3, 0.4) is 0 Å². The molecule has 0 radical (unpaired) electrons. The third-order valence-corrected chi connectivity index (χ3v) is 4.90. The quantitative estimate of drug-likeness (QED) is 0.535. The molecule has 4 aromatic rings. The second kappa shape index (κ2) is 7.73. The van der Waals surface area contributed by atoms with Gasteiger partial charge in [-0.1, -0.05) is 23.7 Å². The fourth-order valence-corrected chi connectivity index (χ4v) is 3.40. The molecule has 0 bridgehead atoms. The highest BCUT2D eigenvalue weighted by molar-refractivity contribution is 6.30. The van der Waals surface area contributed by atoms with Gasteiger partial charge in [-0.05, 0) is 54.1 Å². The average molecular weight is 412 g/mol. The Kier molecular flexibility index (Phi) is 5.13. The van der Waals surface area contributed by atoms with Crippen molar-refractivity contribution in [2.75, 3.05) is 0 Å². The summed E-state index contributed by atoms with van der Waals surface area (Å²) in [5.74, 6) is -1.04. The Balaban J connectivity index is 1.87. The average Bonchev–Trinajstić information content (AvgIpc) is 2.68. The van der Waals surface area contributed by atoms with Gasteiger partial charge in [0.2, 0.25) is 0 Å². The Morgan fingerprint density at radius 3 is 2.34 bits per heavy atom. The van der Waals surface area contributed by atoms with Gasteiger partial charge in [0.25, 0.3) is 5.56 Å². The lowest BCUT2D eigenvalue weighted by atomic mass is 10.0. The second-order valence-electron chi connectivity index (χ2n) is 6.68. The Morgan fingerprint density at radius 1 is 1.00 bits per heavy atom. The third kappa shape index (κ3) is 3.90. The highest BCUT2D eigenvalue weighted by Gasteiger charge is 2.17. The number of halogens is 3. The van der Waals surface area contributed by atoms with Crippen LogP contribution in [-0.2, 0) is 6.42 Å². The first-order chi connectivity index (χ1) is 13.9. The van der Waals surface area contributed by atoms with Crippen LogP contribution in [0.2, 0.25) is 5.02 Å². The molecule has 0 unspecified atom stereocenters. The van der Waals surface area contributed by atoms with Crippen LogP contribution in [-0.4, -0.2) is 9.55 Å². The van der Waals surface area contributed by atoms with Crippen molar-refractivity contribution < 1.29 is 8.78 Å². The van der Waals surface area contributed by atoms with Gasteiger partial charge in [-0.3, -0.25) is 9.36 Å². The van der Waals surface area contributed by atoms with E-state index < -0.39 is 17.7 Å². The van der Waals surface area contributed by atoms with Crippen LogP contribution in [0, 0.1) is 11.6 Å². The van der Waals surface area contributed by atoms with Crippen LogP contribution in [0.25, 0.3) is 16.6 Å². The number of hydrogen-bond donors (Lipinski definition) is 1. The summed E-state index contributed by atoms with van der Waals surface area (Å²) in [6.07, 6.45) is 0.103. The molecule has 0 aliphatic heterocycles. The van der Waals surface area contributed by atoms with Crippen molar-refractivity contribution in [3.05, 3.63) is 105 Å². The maximum atomic E-state index is 13.6. The predicted molar refractivity (Wildman–Crippen MR) is 109 cm³/mol. The van der Waals surface area contributed by atoms with Crippen LogP contribution in [0.5, 0.6) is 0 Å². The molecule has 1 atom stereocenters. The van der Waals surface area contributed by atoms with E-state index in [9.17, 15) is 13.6 Å². The number of nitrogens with zero attached hydrogens (tertiary/aromatic N) is 2. The largest absolute Gasteiger partial charge is 0.324 e. The van der Waals surface area contributed by atoms with Gasteiger partial charge in [0.05, 0.1) is 16.6 Å². The van der Waals surface area contributed by atoms with E-state index in [4.69, 9.17) is 17.3 Å². The first-order valence-corrected chi connectivity index (χ1v) is 9.28. The van der Waals surface area contributed by atoms with Crippen molar-refractivity contribution in [2.45, 2.75) is 12.5 Å². The van der Waals surface area contributed by atoms with Crippen LogP contribution < -0.4 is 11.3 Å². The molecule has 0 aliphatic rings. The molecule has 0 aliphatic carbocycles. The van der Waals surface area contributed by atoms with Gasteiger partial charge in [0.1, 0.15) is 17.5 Å². The zero-order valence-corrected chi connectivity index (χ0v) is 15.9. The van der Waals surface area contributed by atoms with E-state index in [-0.39, 0.29) is 17.5 Å². The Labute approximate surface area is 170 Å². The van der Waals surface area contributed by atoms with E-state index in [1.54, 1.807) is 48.5 Å². The summed E-state index contributed by atoms with van der Waals surface area (Å²) >= 11 is 5.97. The van der Waals surface area contributed by atoms with Crippen LogP contribution in [0.15, 0.2) is 71.5 Å². The van der Waals surface area contributed by atoms with E-state index >= 15 is 0 Å². The molecule has 0 saturated carbocycles. The maximum absolute atomic E-state index is 13.6. The molecule has 1 aromatic heterocycles. The lowest BCUT2D eigenvalue weighted by molar-refractivity contribution is 0.570. The van der Waals surface area contributed by atoms with Crippen molar-refractivity contribution in [3.8, 4) is 5.69 Å². The van der Waals surface area contributed by atoms with Gasteiger partial charge >= 0.3 is 0 Å². The summed E-state index contributed by atoms with van der Waals surface area (Å²) in [5.41, 5.74) is 7.34. The van der Waals surface area contributed by atoms with Crippen molar-refractivity contribution in [1.29, 1.82) is 0 Å². The molecule has 2 N–H and O–H groups in total. The summed E-state index contributed by atoms with van der Waals surface area (Å²) in [6.45, 7) is 0. The van der Waals surface area contributed by atoms with Crippen LogP contribution >= 0.6 is 11.6 Å². The molecule has 0 saturated heterocycles. The molecule has 29 heavy (non-hydrogen) atoms. The fourth-order valence-electron chi connectivity index (χ4n) is 3.28. The minimum Gasteiger partial charge on any atom is -0.324 e. The number of fused-ring (bicyclic) bond motifs is 1. The Hall–Kier alpha value is -3.09. The molecule has 7 heteroatoms. The SMILES string of the molecule is N[C@@H](Cc1nc2ccccc2c(=O)n1-c1ccc(Cl)cc1)c1cc(F)cc(F)c1. The number of nitrogens with two attached hydrogens (primary N) is 1. The third-order valence-electron chi connectivity index (χ3n) is 4.65. The van der Waals surface area contributed by atoms with Crippen molar-refractivity contribution in [2.24, 2.45) is 5.73 Å². The molecule has 4 nitrogen and oxygen atoms in total. The standard InChI is InChI=1S/C22H16ClF2N3O/c23-14-5-7-17(8-6-14)28-21(27-20-4-2-1-3-18(20)22(28)29)12-19(26)13-9-15(24)11-16(25)10-13/h1-11,19H,12,26H2/t19-/m0/s1. The smallest absolute Gasteiger partial charge is 0.265 e. The second-order valence-corrected chi connectivity index (χ2v) is 7.11. The van der Waals surface area contributed by atoms with E-state index in [1.807, 2.05) is 0 Å². The number of benzene rings is 3. The Bertz CT molecular complexity index is 1240. The Morgan fingerprint density at radius 2 is 1.66 bits per heavy atom. The lowest BCUT2D eigenvalue weighted by Gasteiger charge is -2.17. The van der Waals surface area contributed by atoms with Crippen LogP contribution in [0.1, 0.15) is 17.4 Å². The van der Waals surface area contributed by atoms with Gasteiger partial charge in [-0.2, -0.15) is 0 Å². The zero-order chi connectivity index (χ0) is 20.5. The number of rotatable bonds is 4. The van der Waals surface area contributed by atoms with E-state index in [2.05, 4.69) is 4.98 Å². The van der Waals surface area contributed by atoms with Crippen molar-refractivity contribution in [1.82, 2.24) is 9.55 Å². The summed E-state index contributed by atoms with van der Waals surface area (Å²) in [4.78, 5) is 17.8. The van der Waals surface area contributed by atoms with Crippen molar-refractivity contribution >= 4 is 22.5 Å². The summed E-state index contributed by atoms with van der Waals surface area (Å²) in [5, 5.41) is 0.987. The monoisotopic (exact) mass is 411 g/mol. The van der Waals surface area contributed by atoms with E-state index in [0.717, 1.165) is 6.07 Å². The minimum absolute atomic E-state index is 0.103. The molecule has 3 aromatic carbocycles. The molecule has 4 rings (SSSR count). The van der Waals surface area contributed by atoms with Gasteiger partial charge in [0.15, 0.2) is 0 Å². The van der Waals surface area contributed by atoms with Gasteiger partial charge in [-0.15, -0.1) is 0 Å². The topological polar surface area (TPSA) is 60.9 Å². The number of aromatic nitrogens is 2. The van der Waals surface area contributed by atoms with E-state index in [0.29, 0.717) is 27.4 Å². The lowest BCUT2D eigenvalue weighted by Crippen LogP contribution is -2.27. The number of hydrogen-bond acceptors (Lipinski definition) is 3. The molecule has 0 spiro atoms. The van der Waals surface area contributed by atoms with Crippen molar-refractivity contribution in [3.63, 3.8) is 0 Å². The van der Waals surface area contributed by atoms with Gasteiger partial charge in [-0.25, -0.2) is 13.8 Å². The molecule has 1 heterocycles. The van der Waals surface area contributed by atoms with Crippen LogP contribution in [0.4, 0.5) is 8.78 Å². The van der Waals surface area contributed by atoms with E-state index in [1.165, 1.54) is 16.7 Å². The fraction of sp³-hybridized carbons (Fsp3) is 0.0909. The molecule has 146 valence electrons.